The lowest BCUT2D eigenvalue weighted by Gasteiger charge is -2.06. The number of hydrogen-bond donors (Lipinski definition) is 1. The molecule has 3 rings (SSSR count). The van der Waals surface area contributed by atoms with E-state index in [0.29, 0.717) is 0 Å². The topological polar surface area (TPSA) is 24.9 Å². The van der Waals surface area contributed by atoms with Crippen LogP contribution in [-0.4, -0.2) is 10.9 Å². The van der Waals surface area contributed by atoms with Crippen molar-refractivity contribution in [2.45, 2.75) is 13.3 Å². The molecular weight excluding hydrogens is 252 g/mol. The van der Waals surface area contributed by atoms with Crippen molar-refractivity contribution < 1.29 is 0 Å². The van der Waals surface area contributed by atoms with Crippen molar-refractivity contribution >= 4 is 27.4 Å². The molecule has 0 radical (unpaired) electrons. The highest BCUT2D eigenvalue weighted by Gasteiger charge is 2.04. The van der Waals surface area contributed by atoms with E-state index in [2.05, 4.69) is 59.1 Å². The van der Waals surface area contributed by atoms with E-state index in [9.17, 15) is 0 Å². The van der Waals surface area contributed by atoms with E-state index >= 15 is 0 Å². The van der Waals surface area contributed by atoms with E-state index in [0.717, 1.165) is 18.5 Å². The van der Waals surface area contributed by atoms with Crippen molar-refractivity contribution in [3.63, 3.8) is 0 Å². The molecule has 1 N–H and O–H groups in total. The third-order valence-electron chi connectivity index (χ3n) is 3.33. The summed E-state index contributed by atoms with van der Waals surface area (Å²) in [6, 6.07) is 16.8. The van der Waals surface area contributed by atoms with Gasteiger partial charge < -0.3 is 5.32 Å². The summed E-state index contributed by atoms with van der Waals surface area (Å²) in [5.41, 5.74) is 3.84. The van der Waals surface area contributed by atoms with Crippen LogP contribution in [0.25, 0.3) is 10.9 Å². The molecule has 0 saturated heterocycles. The molecular formula is C16H16N2S. The monoisotopic (exact) mass is 268 g/mol. The second kappa shape index (κ2) is 5.41. The van der Waals surface area contributed by atoms with Crippen LogP contribution in [0.1, 0.15) is 11.1 Å². The molecule has 0 aliphatic carbocycles. The average molecular weight is 268 g/mol. The van der Waals surface area contributed by atoms with Gasteiger partial charge in [0.05, 0.1) is 5.52 Å². The second-order valence-corrected chi connectivity index (χ2v) is 5.41. The average Bonchev–Trinajstić information content (AvgIpc) is 2.85. The van der Waals surface area contributed by atoms with Gasteiger partial charge in [-0.15, -0.1) is 0 Å². The molecule has 2 nitrogen and oxygen atoms in total. The number of nitrogens with one attached hydrogen (secondary N) is 1. The largest absolute Gasteiger partial charge is 0.375 e. The van der Waals surface area contributed by atoms with Crippen LogP contribution in [0.3, 0.4) is 0 Å². The molecule has 0 bridgehead atoms. The summed E-state index contributed by atoms with van der Waals surface area (Å²) in [7, 11) is 0. The zero-order chi connectivity index (χ0) is 13.1. The van der Waals surface area contributed by atoms with Crippen molar-refractivity contribution in [1.29, 1.82) is 0 Å². The zero-order valence-corrected chi connectivity index (χ0v) is 11.7. The first-order chi connectivity index (χ1) is 9.34. The van der Waals surface area contributed by atoms with Gasteiger partial charge in [-0.05, 0) is 48.1 Å². The predicted octanol–water partition coefficient (Wildman–Crippen LogP) is 4.26. The predicted molar refractivity (Wildman–Crippen MR) is 83.0 cm³/mol. The second-order valence-electron chi connectivity index (χ2n) is 4.63. The minimum absolute atomic E-state index is 0.942. The van der Waals surface area contributed by atoms with Crippen molar-refractivity contribution in [3.8, 4) is 0 Å². The van der Waals surface area contributed by atoms with Gasteiger partial charge in [0.1, 0.15) is 5.00 Å². The molecule has 0 aliphatic heterocycles. The first kappa shape index (κ1) is 12.2. The third kappa shape index (κ3) is 2.61. The van der Waals surface area contributed by atoms with Crippen LogP contribution in [0.5, 0.6) is 0 Å². The highest BCUT2D eigenvalue weighted by molar-refractivity contribution is 7.11. The van der Waals surface area contributed by atoms with Crippen molar-refractivity contribution in [1.82, 2.24) is 4.37 Å². The molecule has 0 fully saturated rings. The zero-order valence-electron chi connectivity index (χ0n) is 10.9. The van der Waals surface area contributed by atoms with Gasteiger partial charge in [0.15, 0.2) is 0 Å². The number of aryl methyl sites for hydroxylation is 1. The van der Waals surface area contributed by atoms with E-state index in [1.54, 1.807) is 11.5 Å². The van der Waals surface area contributed by atoms with Crippen LogP contribution < -0.4 is 5.32 Å². The van der Waals surface area contributed by atoms with Crippen LogP contribution in [0.4, 0.5) is 5.00 Å². The van der Waals surface area contributed by atoms with Gasteiger partial charge in [0.2, 0.25) is 0 Å². The molecule has 0 unspecified atom stereocenters. The maximum atomic E-state index is 4.44. The molecule has 0 saturated carbocycles. The Morgan fingerprint density at radius 2 is 1.84 bits per heavy atom. The molecule has 96 valence electrons. The van der Waals surface area contributed by atoms with Crippen LogP contribution in [0.2, 0.25) is 0 Å². The minimum Gasteiger partial charge on any atom is -0.375 e. The molecule has 3 heteroatoms. The van der Waals surface area contributed by atoms with Crippen LogP contribution in [0, 0.1) is 6.92 Å². The number of nitrogens with zero attached hydrogens (tertiary/aromatic N) is 1. The van der Waals surface area contributed by atoms with Gasteiger partial charge in [0, 0.05) is 11.9 Å². The summed E-state index contributed by atoms with van der Waals surface area (Å²) < 4.78 is 4.44. The first-order valence-electron chi connectivity index (χ1n) is 6.47. The molecule has 0 amide bonds. The number of aromatic nitrogens is 1. The summed E-state index contributed by atoms with van der Waals surface area (Å²) in [5, 5.41) is 5.89. The van der Waals surface area contributed by atoms with Crippen LogP contribution in [-0.2, 0) is 6.42 Å². The van der Waals surface area contributed by atoms with E-state index in [4.69, 9.17) is 0 Å². The smallest absolute Gasteiger partial charge is 0.117 e. The van der Waals surface area contributed by atoms with Gasteiger partial charge in [-0.2, -0.15) is 4.37 Å². The van der Waals surface area contributed by atoms with E-state index in [1.165, 1.54) is 21.5 Å². The summed E-state index contributed by atoms with van der Waals surface area (Å²) in [6.45, 7) is 3.11. The number of anilines is 1. The lowest BCUT2D eigenvalue weighted by Crippen LogP contribution is -2.04. The Kier molecular flexibility index (Phi) is 3.47. The fraction of sp³-hybridized carbons (Fsp3) is 0.188. The molecule has 3 aromatic rings. The van der Waals surface area contributed by atoms with Gasteiger partial charge in [-0.3, -0.25) is 0 Å². The lowest BCUT2D eigenvalue weighted by atomic mass is 10.1. The standard InChI is InChI=1S/C16H16N2S/c1-12-6-2-3-7-13(12)10-11-17-16-14-8-4-5-9-15(14)18-19-16/h2-9,17H,10-11H2,1H3. The number of hydrogen-bond acceptors (Lipinski definition) is 3. The van der Waals surface area contributed by atoms with E-state index in [1.807, 2.05) is 6.07 Å². The highest BCUT2D eigenvalue weighted by atomic mass is 32.1. The number of benzene rings is 2. The molecule has 0 aliphatic rings. The van der Waals surface area contributed by atoms with Crippen molar-refractivity contribution in [2.24, 2.45) is 0 Å². The summed E-state index contributed by atoms with van der Waals surface area (Å²) in [6.07, 6.45) is 1.04. The Labute approximate surface area is 117 Å². The molecule has 0 spiro atoms. The molecule has 1 heterocycles. The van der Waals surface area contributed by atoms with Crippen LogP contribution in [0.15, 0.2) is 48.5 Å². The Hall–Kier alpha value is -1.87. The number of rotatable bonds is 4. The lowest BCUT2D eigenvalue weighted by molar-refractivity contribution is 1.01. The summed E-state index contributed by atoms with van der Waals surface area (Å²) >= 11 is 1.54. The third-order valence-corrected chi connectivity index (χ3v) is 4.16. The summed E-state index contributed by atoms with van der Waals surface area (Å²) in [5.74, 6) is 0. The fourth-order valence-corrected chi connectivity index (χ4v) is 3.00. The Bertz CT molecular complexity index is 688. The van der Waals surface area contributed by atoms with Crippen molar-refractivity contribution in [2.75, 3.05) is 11.9 Å². The summed E-state index contributed by atoms with van der Waals surface area (Å²) in [4.78, 5) is 0. The normalized spacial score (nSPS) is 10.8. The van der Waals surface area contributed by atoms with Gasteiger partial charge >= 0.3 is 0 Å². The van der Waals surface area contributed by atoms with Gasteiger partial charge in [-0.25, -0.2) is 0 Å². The first-order valence-corrected chi connectivity index (χ1v) is 7.25. The Balaban J connectivity index is 1.68. The maximum absolute atomic E-state index is 4.44. The minimum atomic E-state index is 0.942. The SMILES string of the molecule is Cc1ccccc1CCNc1snc2ccccc12. The van der Waals surface area contributed by atoms with Gasteiger partial charge in [0.25, 0.3) is 0 Å². The maximum Gasteiger partial charge on any atom is 0.117 e. The van der Waals surface area contributed by atoms with E-state index in [-0.39, 0.29) is 0 Å². The van der Waals surface area contributed by atoms with Gasteiger partial charge in [-0.1, -0.05) is 36.4 Å². The fourth-order valence-electron chi connectivity index (χ4n) is 2.22. The highest BCUT2D eigenvalue weighted by Crippen LogP contribution is 2.27. The molecule has 1 aromatic heterocycles. The molecule has 0 atom stereocenters. The van der Waals surface area contributed by atoms with Crippen molar-refractivity contribution in [3.05, 3.63) is 59.7 Å². The Morgan fingerprint density at radius 1 is 1.05 bits per heavy atom. The molecule has 19 heavy (non-hydrogen) atoms. The Morgan fingerprint density at radius 3 is 2.74 bits per heavy atom. The number of fused-ring (bicyclic) bond motifs is 1. The van der Waals surface area contributed by atoms with E-state index < -0.39 is 0 Å². The molecule has 2 aromatic carbocycles. The van der Waals surface area contributed by atoms with Crippen LogP contribution >= 0.6 is 11.5 Å². The quantitative estimate of drug-likeness (QED) is 0.764.